The topological polar surface area (TPSA) is 383 Å². The molecule has 14 N–H and O–H groups in total. The fourth-order valence-corrected chi connectivity index (χ4v) is 6.22. The van der Waals surface area contributed by atoms with Crippen LogP contribution in [-0.4, -0.2) is 222 Å². The maximum atomic E-state index is 12.1. The third-order valence-electron chi connectivity index (χ3n) is 8.96. The summed E-state index contributed by atoms with van der Waals surface area (Å²) in [5.41, 5.74) is 0. The smallest absolute Gasteiger partial charge is 0.335 e. The maximum absolute atomic E-state index is 12.1. The average Bonchev–Trinajstić information content (AvgIpc) is 3.08. The van der Waals surface area contributed by atoms with Gasteiger partial charge in [-0.3, -0.25) is 9.59 Å². The molecule has 24 nitrogen and oxygen atoms in total. The van der Waals surface area contributed by atoms with E-state index in [4.69, 9.17) is 33.2 Å². The van der Waals surface area contributed by atoms with Gasteiger partial charge >= 0.3 is 5.97 Å². The largest absolute Gasteiger partial charge is 0.479 e. The Balaban J connectivity index is 1.55. The summed E-state index contributed by atoms with van der Waals surface area (Å²) in [6.07, 6.45) is -33.7. The van der Waals surface area contributed by atoms with Gasteiger partial charge in [0.1, 0.15) is 91.4 Å². The van der Waals surface area contributed by atoms with Gasteiger partial charge in [-0.15, -0.1) is 0 Å². The minimum atomic E-state index is -2.14. The van der Waals surface area contributed by atoms with E-state index in [-0.39, 0.29) is 0 Å². The number of carbonyl (C=O) groups is 3. The van der Waals surface area contributed by atoms with Gasteiger partial charge in [-0.1, -0.05) is 0 Å². The van der Waals surface area contributed by atoms with Crippen molar-refractivity contribution in [3.05, 3.63) is 0 Å². The lowest BCUT2D eigenvalue weighted by Gasteiger charge is -2.48. The van der Waals surface area contributed by atoms with Crippen molar-refractivity contribution in [2.24, 2.45) is 0 Å². The second-order valence-corrected chi connectivity index (χ2v) is 12.7. The predicted molar refractivity (Wildman–Crippen MR) is 158 cm³/mol. The van der Waals surface area contributed by atoms with Gasteiger partial charge in [0.05, 0.1) is 19.8 Å². The van der Waals surface area contributed by atoms with Crippen molar-refractivity contribution in [3.8, 4) is 0 Å². The molecule has 4 aliphatic rings. The Bertz CT molecular complexity index is 1220. The van der Waals surface area contributed by atoms with Crippen molar-refractivity contribution >= 4 is 17.8 Å². The number of amides is 2. The number of hydrogen-bond donors (Lipinski definition) is 14. The number of aliphatic carboxylic acids is 1. The quantitative estimate of drug-likeness (QED) is 0.0877. The minimum Gasteiger partial charge on any atom is -0.479 e. The van der Waals surface area contributed by atoms with Crippen LogP contribution in [0.5, 0.6) is 0 Å². The van der Waals surface area contributed by atoms with Gasteiger partial charge in [-0.25, -0.2) is 4.79 Å². The predicted octanol–water partition coefficient (Wildman–Crippen LogP) is -9.37. The molecule has 1 unspecified atom stereocenters. The van der Waals surface area contributed by atoms with E-state index >= 15 is 0 Å². The third kappa shape index (κ3) is 9.13. The maximum Gasteiger partial charge on any atom is 0.335 e. The Morgan fingerprint density at radius 3 is 1.65 bits per heavy atom. The molecule has 4 heterocycles. The van der Waals surface area contributed by atoms with Gasteiger partial charge in [0.15, 0.2) is 31.3 Å². The van der Waals surface area contributed by atoms with Crippen molar-refractivity contribution in [3.63, 3.8) is 0 Å². The van der Waals surface area contributed by atoms with E-state index in [1.807, 2.05) is 0 Å². The zero-order chi connectivity index (χ0) is 38.8. The average molecular weight is 763 g/mol. The lowest BCUT2D eigenvalue weighted by atomic mass is 9.94. The van der Waals surface area contributed by atoms with Gasteiger partial charge in [0.25, 0.3) is 0 Å². The number of aliphatic hydroxyl groups is 11. The van der Waals surface area contributed by atoms with E-state index in [2.05, 4.69) is 10.6 Å². The molecule has 0 bridgehead atoms. The van der Waals surface area contributed by atoms with Gasteiger partial charge in [-0.05, 0) is 0 Å². The highest BCUT2D eigenvalue weighted by Crippen LogP contribution is 2.33. The van der Waals surface area contributed by atoms with Gasteiger partial charge in [0.2, 0.25) is 11.8 Å². The van der Waals surface area contributed by atoms with Gasteiger partial charge in [0, 0.05) is 13.8 Å². The number of carbonyl (C=O) groups excluding carboxylic acids is 2. The molecule has 0 aromatic heterocycles. The standard InChI is InChI=1S/C28H46N2O22/c1-6(33)29-11-16(38)13(35)8(3-31)48-26(11)46-5-10-15(37)21(12(25(45)47-10)30-7(2)34)50-28-20(42)22(14(36)9(4-32)49-28)51-27-19(41)17(39)18(40)23(52-27)24(43)44/h8-23,25-28,31-32,35-42,45H,3-5H2,1-2H3,(H,29,33)(H,30,34)(H,43,44)/t8-,9-,10-,11-,12-,13-,14+,15+,16-,17+,18+,19-,20-,21-,22+,23+,25?,26-,27-,28+/m1/s1. The summed E-state index contributed by atoms with van der Waals surface area (Å²) >= 11 is 0. The number of nitrogens with one attached hydrogen (secondary N) is 2. The third-order valence-corrected chi connectivity index (χ3v) is 8.96. The van der Waals surface area contributed by atoms with E-state index in [1.165, 1.54) is 0 Å². The van der Waals surface area contributed by atoms with E-state index in [0.717, 1.165) is 13.8 Å². The van der Waals surface area contributed by atoms with Crippen LogP contribution in [0.3, 0.4) is 0 Å². The van der Waals surface area contributed by atoms with Crippen LogP contribution in [0.1, 0.15) is 13.8 Å². The van der Waals surface area contributed by atoms with Crippen LogP contribution >= 0.6 is 0 Å². The zero-order valence-corrected chi connectivity index (χ0v) is 27.6. The van der Waals surface area contributed by atoms with Crippen LogP contribution in [0.2, 0.25) is 0 Å². The first-order valence-electron chi connectivity index (χ1n) is 16.1. The van der Waals surface area contributed by atoms with Gasteiger partial charge < -0.3 is 105 Å². The summed E-state index contributed by atoms with van der Waals surface area (Å²) in [5.74, 6) is -3.18. The van der Waals surface area contributed by atoms with E-state index in [0.29, 0.717) is 0 Å². The molecule has 0 aromatic rings. The Kier molecular flexibility index (Phi) is 14.6. The normalized spacial score (nSPS) is 47.0. The molecule has 0 saturated carbocycles. The van der Waals surface area contributed by atoms with Crippen molar-refractivity contribution < 1.29 is 109 Å². The molecular weight excluding hydrogens is 716 g/mol. The van der Waals surface area contributed by atoms with Crippen LogP contribution in [0, 0.1) is 0 Å². The van der Waals surface area contributed by atoms with E-state index < -0.39 is 160 Å². The summed E-state index contributed by atoms with van der Waals surface area (Å²) in [6.45, 7) is -0.291. The summed E-state index contributed by atoms with van der Waals surface area (Å²) in [5, 5.41) is 129. The van der Waals surface area contributed by atoms with Crippen molar-refractivity contribution in [1.29, 1.82) is 0 Å². The zero-order valence-electron chi connectivity index (χ0n) is 27.6. The van der Waals surface area contributed by atoms with Crippen molar-refractivity contribution in [2.75, 3.05) is 19.8 Å². The van der Waals surface area contributed by atoms with Crippen LogP contribution < -0.4 is 10.6 Å². The lowest BCUT2D eigenvalue weighted by Crippen LogP contribution is -2.69. The molecule has 0 aromatic carbocycles. The first kappa shape index (κ1) is 42.4. The Morgan fingerprint density at radius 2 is 1.08 bits per heavy atom. The van der Waals surface area contributed by atoms with Crippen molar-refractivity contribution in [2.45, 2.75) is 137 Å². The SMILES string of the molecule is CC(=O)N[C@H]1[C@H](OC[C@H]2OC(O)[C@H](NC(C)=O)[C@@H](O[C@@H]3O[C@H](CO)[C@H](O)[C@H](O[C@@H]4O[C@H](C(=O)O)[C@@H](O)[C@H](O)[C@H]4O)[C@H]3O)[C@H]2O)O[C@H](CO)[C@@H](O)[C@@H]1O. The monoisotopic (exact) mass is 762 g/mol. The molecule has 0 radical (unpaired) electrons. The highest BCUT2D eigenvalue weighted by molar-refractivity contribution is 5.74. The number of aliphatic hydroxyl groups excluding tert-OH is 11. The van der Waals surface area contributed by atoms with Crippen LogP contribution in [0.15, 0.2) is 0 Å². The molecule has 4 rings (SSSR count). The highest BCUT2D eigenvalue weighted by Gasteiger charge is 2.55. The van der Waals surface area contributed by atoms with Crippen LogP contribution in [-0.2, 0) is 47.5 Å². The Morgan fingerprint density at radius 1 is 0.558 bits per heavy atom. The number of hydrogen-bond acceptors (Lipinski definition) is 21. The Hall–Kier alpha value is -2.31. The molecule has 4 aliphatic heterocycles. The number of rotatable bonds is 12. The summed E-state index contributed by atoms with van der Waals surface area (Å²) in [6, 6.07) is -3.00. The molecule has 4 saturated heterocycles. The molecule has 0 spiro atoms. The minimum absolute atomic E-state index is 0.661. The van der Waals surface area contributed by atoms with Crippen molar-refractivity contribution in [1.82, 2.24) is 10.6 Å². The van der Waals surface area contributed by atoms with Gasteiger partial charge in [-0.2, -0.15) is 0 Å². The summed E-state index contributed by atoms with van der Waals surface area (Å²) < 4.78 is 38.4. The lowest BCUT2D eigenvalue weighted by molar-refractivity contribution is -0.372. The molecule has 20 atom stereocenters. The molecule has 4 fully saturated rings. The fraction of sp³-hybridized carbons (Fsp3) is 0.893. The summed E-state index contributed by atoms with van der Waals surface area (Å²) in [7, 11) is 0. The fourth-order valence-electron chi connectivity index (χ4n) is 6.22. The van der Waals surface area contributed by atoms with E-state index in [9.17, 15) is 75.7 Å². The molecule has 52 heavy (non-hydrogen) atoms. The van der Waals surface area contributed by atoms with E-state index in [1.54, 1.807) is 0 Å². The first-order chi connectivity index (χ1) is 24.4. The second-order valence-electron chi connectivity index (χ2n) is 12.7. The Labute approximate surface area is 293 Å². The van der Waals surface area contributed by atoms with Crippen LogP contribution in [0.4, 0.5) is 0 Å². The summed E-state index contributed by atoms with van der Waals surface area (Å²) in [4.78, 5) is 35.4. The molecule has 24 heteroatoms. The number of ether oxygens (including phenoxy) is 7. The molecule has 0 aliphatic carbocycles. The number of carboxylic acids is 1. The molecular formula is C28H46N2O22. The molecule has 2 amide bonds. The second kappa shape index (κ2) is 17.9. The highest BCUT2D eigenvalue weighted by atomic mass is 16.7. The number of carboxylic acid groups (broad SMARTS) is 1. The van der Waals surface area contributed by atoms with Crippen LogP contribution in [0.25, 0.3) is 0 Å². The molecule has 300 valence electrons. The first-order valence-corrected chi connectivity index (χ1v) is 16.1.